The predicted octanol–water partition coefficient (Wildman–Crippen LogP) is 3.74. The summed E-state index contributed by atoms with van der Waals surface area (Å²) in [4.78, 5) is 0. The molecule has 0 aromatic heterocycles. The van der Waals surface area contributed by atoms with Crippen molar-refractivity contribution in [1.82, 2.24) is 0 Å². The quantitative estimate of drug-likeness (QED) is 0.751. The van der Waals surface area contributed by atoms with Gasteiger partial charge in [0.1, 0.15) is 0 Å². The highest BCUT2D eigenvalue weighted by Gasteiger charge is 2.53. The van der Waals surface area contributed by atoms with Gasteiger partial charge in [0.2, 0.25) is 0 Å². The molecule has 0 heterocycles. The van der Waals surface area contributed by atoms with Crippen molar-refractivity contribution in [2.45, 2.75) is 70.3 Å². The summed E-state index contributed by atoms with van der Waals surface area (Å²) < 4.78 is 5.97. The summed E-state index contributed by atoms with van der Waals surface area (Å²) in [6, 6.07) is 0.303. The molecule has 5 aliphatic carbocycles. The Hall–Kier alpha value is -0.0800. The molecule has 0 radical (unpaired) electrons. The van der Waals surface area contributed by atoms with E-state index < -0.39 is 0 Å². The highest BCUT2D eigenvalue weighted by molar-refractivity contribution is 5.05. The molecule has 20 heavy (non-hydrogen) atoms. The summed E-state index contributed by atoms with van der Waals surface area (Å²) in [7, 11) is 0. The topological polar surface area (TPSA) is 35.2 Å². The van der Waals surface area contributed by atoms with Crippen molar-refractivity contribution >= 4 is 0 Å². The smallest absolute Gasteiger partial charge is 0.0622 e. The molecule has 4 bridgehead atoms. The van der Waals surface area contributed by atoms with Gasteiger partial charge in [-0.25, -0.2) is 0 Å². The van der Waals surface area contributed by atoms with Gasteiger partial charge in [0.05, 0.1) is 6.61 Å². The zero-order chi connectivity index (χ0) is 13.6. The lowest BCUT2D eigenvalue weighted by Gasteiger charge is -2.58. The summed E-state index contributed by atoms with van der Waals surface area (Å²) >= 11 is 0. The molecule has 5 aliphatic rings. The molecule has 2 heteroatoms. The molecule has 0 aromatic rings. The van der Waals surface area contributed by atoms with E-state index in [1.807, 2.05) is 0 Å². The minimum atomic E-state index is 0.303. The summed E-state index contributed by atoms with van der Waals surface area (Å²) in [6.07, 6.45) is 14.3. The normalized spacial score (nSPS) is 44.5. The van der Waals surface area contributed by atoms with Gasteiger partial charge < -0.3 is 10.5 Å². The van der Waals surface area contributed by atoms with E-state index in [9.17, 15) is 0 Å². The van der Waals surface area contributed by atoms with Crippen LogP contribution in [0.2, 0.25) is 0 Å². The highest BCUT2D eigenvalue weighted by atomic mass is 16.5. The summed E-state index contributed by atoms with van der Waals surface area (Å²) in [5.74, 6) is 3.97. The zero-order valence-electron chi connectivity index (χ0n) is 12.9. The predicted molar refractivity (Wildman–Crippen MR) is 81.4 cm³/mol. The Morgan fingerprint density at radius 1 is 1.00 bits per heavy atom. The Bertz CT molecular complexity index is 314. The monoisotopic (exact) mass is 277 g/mol. The molecule has 0 aliphatic heterocycles. The Labute approximate surface area is 123 Å². The van der Waals surface area contributed by atoms with E-state index in [1.165, 1.54) is 64.2 Å². The van der Waals surface area contributed by atoms with Crippen LogP contribution in [-0.4, -0.2) is 19.3 Å². The van der Waals surface area contributed by atoms with Gasteiger partial charge in [0.25, 0.3) is 0 Å². The van der Waals surface area contributed by atoms with Crippen LogP contribution in [0.5, 0.6) is 0 Å². The van der Waals surface area contributed by atoms with Crippen molar-refractivity contribution in [1.29, 1.82) is 0 Å². The fraction of sp³-hybridized carbons (Fsp3) is 1.00. The molecule has 5 saturated carbocycles. The largest absolute Gasteiger partial charge is 0.380 e. The summed E-state index contributed by atoms with van der Waals surface area (Å²) in [5, 5.41) is 0. The Kier molecular flexibility index (Phi) is 3.58. The second-order valence-corrected chi connectivity index (χ2v) is 8.55. The molecule has 2 N–H and O–H groups in total. The fourth-order valence-corrected chi connectivity index (χ4v) is 6.05. The van der Waals surface area contributed by atoms with Gasteiger partial charge in [-0.05, 0) is 74.0 Å². The molecule has 0 aromatic carbocycles. The summed E-state index contributed by atoms with van der Waals surface area (Å²) in [6.45, 7) is 1.77. The zero-order valence-corrected chi connectivity index (χ0v) is 12.9. The molecule has 1 unspecified atom stereocenters. The lowest BCUT2D eigenvalue weighted by molar-refractivity contribution is -0.0813. The molecule has 2 nitrogen and oxygen atoms in total. The van der Waals surface area contributed by atoms with Crippen molar-refractivity contribution in [3.8, 4) is 0 Å². The van der Waals surface area contributed by atoms with Crippen LogP contribution in [0.25, 0.3) is 0 Å². The van der Waals surface area contributed by atoms with Crippen LogP contribution in [0.15, 0.2) is 0 Å². The van der Waals surface area contributed by atoms with E-state index in [2.05, 4.69) is 0 Å². The Balaban J connectivity index is 1.28. The van der Waals surface area contributed by atoms with Crippen LogP contribution in [0.3, 0.4) is 0 Å². The maximum atomic E-state index is 6.61. The molecule has 0 saturated heterocycles. The lowest BCUT2D eigenvalue weighted by atomic mass is 9.48. The molecule has 5 fully saturated rings. The molecular formula is C18H31NO. The average molecular weight is 277 g/mol. The van der Waals surface area contributed by atoms with Gasteiger partial charge in [0, 0.05) is 12.6 Å². The highest BCUT2D eigenvalue weighted by Crippen LogP contribution is 2.60. The second kappa shape index (κ2) is 5.28. The molecule has 1 atom stereocenters. The van der Waals surface area contributed by atoms with Gasteiger partial charge >= 0.3 is 0 Å². The third kappa shape index (κ3) is 2.43. The standard InChI is InChI=1S/C18H31NO/c19-17(12-20-5-4-13-2-1-3-13)18-9-14-6-15(10-18)8-16(7-14)11-18/h13-17H,1-12,19H2. The number of hydrogen-bond acceptors (Lipinski definition) is 2. The third-order valence-corrected chi connectivity index (χ3v) is 7.06. The number of nitrogens with two attached hydrogens (primary N) is 1. The molecule has 0 amide bonds. The van der Waals surface area contributed by atoms with Crippen molar-refractivity contribution in [3.05, 3.63) is 0 Å². The Morgan fingerprint density at radius 3 is 2.10 bits per heavy atom. The molecular weight excluding hydrogens is 246 g/mol. The van der Waals surface area contributed by atoms with Crippen molar-refractivity contribution in [2.75, 3.05) is 13.2 Å². The van der Waals surface area contributed by atoms with E-state index >= 15 is 0 Å². The van der Waals surface area contributed by atoms with Crippen molar-refractivity contribution in [3.63, 3.8) is 0 Å². The molecule has 0 spiro atoms. The van der Waals surface area contributed by atoms with Crippen LogP contribution >= 0.6 is 0 Å². The second-order valence-electron chi connectivity index (χ2n) is 8.55. The SMILES string of the molecule is NC(COCCC1CCC1)C12CC3CC(CC(C3)C1)C2. The van der Waals surface area contributed by atoms with Crippen molar-refractivity contribution in [2.24, 2.45) is 34.8 Å². The third-order valence-electron chi connectivity index (χ3n) is 7.06. The van der Waals surface area contributed by atoms with Crippen LogP contribution in [0.4, 0.5) is 0 Å². The van der Waals surface area contributed by atoms with Crippen molar-refractivity contribution < 1.29 is 4.74 Å². The van der Waals surface area contributed by atoms with Crippen LogP contribution in [0.1, 0.15) is 64.2 Å². The minimum absolute atomic E-state index is 0.303. The van der Waals surface area contributed by atoms with Gasteiger partial charge in [0.15, 0.2) is 0 Å². The van der Waals surface area contributed by atoms with E-state index in [4.69, 9.17) is 10.5 Å². The van der Waals surface area contributed by atoms with Gasteiger partial charge in [-0.2, -0.15) is 0 Å². The van der Waals surface area contributed by atoms with Crippen LogP contribution in [-0.2, 0) is 4.74 Å². The van der Waals surface area contributed by atoms with E-state index in [-0.39, 0.29) is 0 Å². The fourth-order valence-electron chi connectivity index (χ4n) is 6.05. The average Bonchev–Trinajstić information content (AvgIpc) is 2.34. The molecule has 114 valence electrons. The van der Waals surface area contributed by atoms with E-state index in [1.54, 1.807) is 0 Å². The lowest BCUT2D eigenvalue weighted by Crippen LogP contribution is -2.56. The first-order chi connectivity index (χ1) is 9.73. The van der Waals surface area contributed by atoms with Gasteiger partial charge in [-0.1, -0.05) is 19.3 Å². The maximum absolute atomic E-state index is 6.61. The van der Waals surface area contributed by atoms with Gasteiger partial charge in [-0.15, -0.1) is 0 Å². The number of rotatable bonds is 6. The maximum Gasteiger partial charge on any atom is 0.0622 e. The van der Waals surface area contributed by atoms with Gasteiger partial charge in [-0.3, -0.25) is 0 Å². The van der Waals surface area contributed by atoms with Crippen LogP contribution in [0, 0.1) is 29.1 Å². The first-order valence-electron chi connectivity index (χ1n) is 9.07. The van der Waals surface area contributed by atoms with Crippen LogP contribution < -0.4 is 5.73 Å². The first-order valence-corrected chi connectivity index (χ1v) is 9.07. The number of ether oxygens (including phenoxy) is 1. The Morgan fingerprint density at radius 2 is 1.60 bits per heavy atom. The van der Waals surface area contributed by atoms with E-state index in [0.29, 0.717) is 11.5 Å². The minimum Gasteiger partial charge on any atom is -0.380 e. The van der Waals surface area contributed by atoms with E-state index in [0.717, 1.165) is 36.9 Å². The first kappa shape index (κ1) is 13.6. The molecule has 5 rings (SSSR count). The number of hydrogen-bond donors (Lipinski definition) is 1. The summed E-state index contributed by atoms with van der Waals surface area (Å²) in [5.41, 5.74) is 7.07.